The summed E-state index contributed by atoms with van der Waals surface area (Å²) in [4.78, 5) is 11.2. The standard InChI is InChI=1S/C14H23NO2/c1-5-6-9-15-12-8-7-11(13(16)17)14(3,4)10(12)2/h1,10-12,15H,6-9H2,2-4H3,(H,16,17). The summed E-state index contributed by atoms with van der Waals surface area (Å²) in [6.45, 7) is 7.08. The van der Waals surface area contributed by atoms with E-state index in [4.69, 9.17) is 6.42 Å². The van der Waals surface area contributed by atoms with Crippen molar-refractivity contribution >= 4 is 5.97 Å². The summed E-state index contributed by atoms with van der Waals surface area (Å²) < 4.78 is 0. The molecular weight excluding hydrogens is 214 g/mol. The fraction of sp³-hybridized carbons (Fsp3) is 0.786. The third-order valence-corrected chi connectivity index (χ3v) is 4.42. The maximum Gasteiger partial charge on any atom is 0.307 e. The second-order valence-electron chi connectivity index (χ2n) is 5.59. The molecule has 3 atom stereocenters. The number of carbonyl (C=O) groups is 1. The molecule has 1 aliphatic carbocycles. The number of carboxylic acids is 1. The van der Waals surface area contributed by atoms with Gasteiger partial charge in [-0.15, -0.1) is 12.3 Å². The van der Waals surface area contributed by atoms with E-state index in [1.54, 1.807) is 0 Å². The van der Waals surface area contributed by atoms with Gasteiger partial charge in [0.15, 0.2) is 0 Å². The molecule has 17 heavy (non-hydrogen) atoms. The van der Waals surface area contributed by atoms with Crippen molar-refractivity contribution in [2.24, 2.45) is 17.3 Å². The Morgan fingerprint density at radius 1 is 1.53 bits per heavy atom. The lowest BCUT2D eigenvalue weighted by Crippen LogP contribution is -2.51. The summed E-state index contributed by atoms with van der Waals surface area (Å²) in [5.74, 6) is 2.06. The monoisotopic (exact) mass is 237 g/mol. The molecule has 0 radical (unpaired) electrons. The molecule has 1 fully saturated rings. The molecule has 0 aromatic rings. The van der Waals surface area contributed by atoms with E-state index in [9.17, 15) is 9.90 Å². The maximum absolute atomic E-state index is 11.2. The van der Waals surface area contributed by atoms with Gasteiger partial charge in [0.25, 0.3) is 0 Å². The van der Waals surface area contributed by atoms with Crippen LogP contribution in [0.3, 0.4) is 0 Å². The minimum atomic E-state index is -0.663. The molecule has 0 saturated heterocycles. The predicted octanol–water partition coefficient (Wildman–Crippen LogP) is 2.12. The van der Waals surface area contributed by atoms with Crippen LogP contribution < -0.4 is 5.32 Å². The number of carboxylic acid groups (broad SMARTS) is 1. The van der Waals surface area contributed by atoms with E-state index in [2.05, 4.69) is 32.0 Å². The molecule has 0 aromatic carbocycles. The van der Waals surface area contributed by atoms with Crippen molar-refractivity contribution in [1.82, 2.24) is 5.32 Å². The van der Waals surface area contributed by atoms with Gasteiger partial charge < -0.3 is 10.4 Å². The average molecular weight is 237 g/mol. The van der Waals surface area contributed by atoms with Gasteiger partial charge in [-0.1, -0.05) is 20.8 Å². The highest BCUT2D eigenvalue weighted by atomic mass is 16.4. The van der Waals surface area contributed by atoms with E-state index in [1.165, 1.54) is 0 Å². The van der Waals surface area contributed by atoms with Crippen LogP contribution in [0.5, 0.6) is 0 Å². The summed E-state index contributed by atoms with van der Waals surface area (Å²) >= 11 is 0. The van der Waals surface area contributed by atoms with E-state index < -0.39 is 5.97 Å². The van der Waals surface area contributed by atoms with Crippen LogP contribution in [0.2, 0.25) is 0 Å². The van der Waals surface area contributed by atoms with E-state index in [0.29, 0.717) is 12.0 Å². The molecule has 3 nitrogen and oxygen atoms in total. The van der Waals surface area contributed by atoms with E-state index in [-0.39, 0.29) is 11.3 Å². The summed E-state index contributed by atoms with van der Waals surface area (Å²) in [5.41, 5.74) is -0.169. The van der Waals surface area contributed by atoms with Crippen molar-refractivity contribution in [3.8, 4) is 12.3 Å². The SMILES string of the molecule is C#CCCNC1CCC(C(=O)O)C(C)(C)C1C. The molecule has 0 heterocycles. The maximum atomic E-state index is 11.2. The lowest BCUT2D eigenvalue weighted by atomic mass is 9.61. The van der Waals surface area contributed by atoms with Gasteiger partial charge in [-0.3, -0.25) is 4.79 Å². The van der Waals surface area contributed by atoms with Gasteiger partial charge in [-0.25, -0.2) is 0 Å². The number of hydrogen-bond acceptors (Lipinski definition) is 2. The second-order valence-corrected chi connectivity index (χ2v) is 5.59. The molecule has 0 amide bonds. The van der Waals surface area contributed by atoms with Gasteiger partial charge in [-0.05, 0) is 24.2 Å². The molecule has 0 aliphatic heterocycles. The number of aliphatic carboxylic acids is 1. The predicted molar refractivity (Wildman–Crippen MR) is 68.5 cm³/mol. The summed E-state index contributed by atoms with van der Waals surface area (Å²) in [5, 5.41) is 12.7. The molecule has 3 unspecified atom stereocenters. The summed E-state index contributed by atoms with van der Waals surface area (Å²) in [6.07, 6.45) is 7.63. The quantitative estimate of drug-likeness (QED) is 0.581. The van der Waals surface area contributed by atoms with Crippen molar-refractivity contribution in [3.63, 3.8) is 0 Å². The van der Waals surface area contributed by atoms with Crippen molar-refractivity contribution in [2.75, 3.05) is 6.54 Å². The zero-order valence-corrected chi connectivity index (χ0v) is 11.0. The zero-order valence-electron chi connectivity index (χ0n) is 11.0. The Kier molecular flexibility index (Phi) is 4.59. The molecule has 1 rings (SSSR count). The highest BCUT2D eigenvalue weighted by Gasteiger charge is 2.45. The first-order chi connectivity index (χ1) is 7.91. The molecule has 0 spiro atoms. The average Bonchev–Trinajstić information content (AvgIpc) is 2.24. The van der Waals surface area contributed by atoms with Gasteiger partial charge >= 0.3 is 5.97 Å². The Bertz CT molecular complexity index is 317. The van der Waals surface area contributed by atoms with E-state index in [0.717, 1.165) is 25.8 Å². The van der Waals surface area contributed by atoms with Crippen molar-refractivity contribution in [2.45, 2.75) is 46.1 Å². The molecule has 2 N–H and O–H groups in total. The molecule has 1 aliphatic rings. The smallest absolute Gasteiger partial charge is 0.307 e. The van der Waals surface area contributed by atoms with Crippen LogP contribution in [-0.4, -0.2) is 23.7 Å². The minimum Gasteiger partial charge on any atom is -0.481 e. The molecule has 96 valence electrons. The molecule has 3 heteroatoms. The highest BCUT2D eigenvalue weighted by Crippen LogP contribution is 2.44. The molecule has 0 bridgehead atoms. The van der Waals surface area contributed by atoms with E-state index in [1.807, 2.05) is 0 Å². The van der Waals surface area contributed by atoms with Crippen LogP contribution in [0.25, 0.3) is 0 Å². The van der Waals surface area contributed by atoms with Gasteiger partial charge in [0, 0.05) is 19.0 Å². The van der Waals surface area contributed by atoms with Gasteiger partial charge in [0.1, 0.15) is 0 Å². The van der Waals surface area contributed by atoms with Gasteiger partial charge in [-0.2, -0.15) is 0 Å². The van der Waals surface area contributed by atoms with Crippen LogP contribution in [0.4, 0.5) is 0 Å². The summed E-state index contributed by atoms with van der Waals surface area (Å²) in [6, 6.07) is 0.383. The first-order valence-corrected chi connectivity index (χ1v) is 6.31. The molecule has 1 saturated carbocycles. The van der Waals surface area contributed by atoms with Crippen LogP contribution >= 0.6 is 0 Å². The van der Waals surface area contributed by atoms with Crippen molar-refractivity contribution < 1.29 is 9.90 Å². The van der Waals surface area contributed by atoms with Crippen LogP contribution in [-0.2, 0) is 4.79 Å². The fourth-order valence-electron chi connectivity index (χ4n) is 2.85. The Morgan fingerprint density at radius 2 is 2.18 bits per heavy atom. The lowest BCUT2D eigenvalue weighted by Gasteiger charge is -2.46. The van der Waals surface area contributed by atoms with Gasteiger partial charge in [0.05, 0.1) is 5.92 Å². The number of nitrogens with one attached hydrogen (secondary N) is 1. The topological polar surface area (TPSA) is 49.3 Å². The minimum absolute atomic E-state index is 0.169. The number of terminal acetylenes is 1. The molecule has 0 aromatic heterocycles. The van der Waals surface area contributed by atoms with Crippen molar-refractivity contribution in [3.05, 3.63) is 0 Å². The van der Waals surface area contributed by atoms with E-state index >= 15 is 0 Å². The fourth-order valence-corrected chi connectivity index (χ4v) is 2.85. The third kappa shape index (κ3) is 3.01. The Labute approximate surface area is 104 Å². The lowest BCUT2D eigenvalue weighted by molar-refractivity contribution is -0.150. The first-order valence-electron chi connectivity index (χ1n) is 6.31. The Hall–Kier alpha value is -1.01. The van der Waals surface area contributed by atoms with Crippen LogP contribution in [0.1, 0.15) is 40.0 Å². The summed E-state index contributed by atoms with van der Waals surface area (Å²) in [7, 11) is 0. The largest absolute Gasteiger partial charge is 0.481 e. The zero-order chi connectivity index (χ0) is 13.1. The van der Waals surface area contributed by atoms with Crippen LogP contribution in [0, 0.1) is 29.6 Å². The Balaban J connectivity index is 2.65. The first kappa shape index (κ1) is 14.1. The third-order valence-electron chi connectivity index (χ3n) is 4.42. The normalized spacial score (nSPS) is 31.8. The second kappa shape index (κ2) is 5.55. The Morgan fingerprint density at radius 3 is 2.71 bits per heavy atom. The van der Waals surface area contributed by atoms with Crippen molar-refractivity contribution in [1.29, 1.82) is 0 Å². The van der Waals surface area contributed by atoms with Crippen LogP contribution in [0.15, 0.2) is 0 Å². The molecular formula is C14H23NO2. The highest BCUT2D eigenvalue weighted by molar-refractivity contribution is 5.71. The number of rotatable bonds is 4. The van der Waals surface area contributed by atoms with Gasteiger partial charge in [0.2, 0.25) is 0 Å². The number of hydrogen-bond donors (Lipinski definition) is 2.